The molecule has 1 fully saturated rings. The van der Waals surface area contributed by atoms with E-state index < -0.39 is 6.10 Å². The fourth-order valence-corrected chi connectivity index (χ4v) is 3.58. The zero-order valence-corrected chi connectivity index (χ0v) is 16.5. The average molecular weight is 417 g/mol. The van der Waals surface area contributed by atoms with Gasteiger partial charge in [0.2, 0.25) is 5.91 Å². The van der Waals surface area contributed by atoms with Gasteiger partial charge in [-0.25, -0.2) is 4.98 Å². The van der Waals surface area contributed by atoms with Crippen LogP contribution in [0.1, 0.15) is 0 Å². The first-order valence-electron chi connectivity index (χ1n) is 9.39. The third-order valence-corrected chi connectivity index (χ3v) is 5.13. The summed E-state index contributed by atoms with van der Waals surface area (Å²) in [6.45, 7) is 2.46. The molecule has 0 radical (unpaired) electrons. The summed E-state index contributed by atoms with van der Waals surface area (Å²) in [5.74, 6) is 0.232. The molecule has 2 aliphatic heterocycles. The molecule has 0 saturated carbocycles. The van der Waals surface area contributed by atoms with Crippen LogP contribution >= 0.6 is 11.6 Å². The number of hydrogen-bond donors (Lipinski definition) is 1. The SMILES string of the molecule is O=C(CN1CC(C(=O)N2CCOCC2)Oc2ccccc21)Nc1cccnc1Cl. The first-order chi connectivity index (χ1) is 14.1. The van der Waals surface area contributed by atoms with Gasteiger partial charge in [0.05, 0.1) is 37.7 Å². The van der Waals surface area contributed by atoms with E-state index in [2.05, 4.69) is 10.3 Å². The highest BCUT2D eigenvalue weighted by atomic mass is 35.5. The molecule has 0 bridgehead atoms. The molecule has 29 heavy (non-hydrogen) atoms. The van der Waals surface area contributed by atoms with Crippen LogP contribution in [0.4, 0.5) is 11.4 Å². The van der Waals surface area contributed by atoms with Crippen LogP contribution in [0, 0.1) is 0 Å². The van der Waals surface area contributed by atoms with Gasteiger partial charge in [0.15, 0.2) is 11.3 Å². The van der Waals surface area contributed by atoms with E-state index in [1.165, 1.54) is 0 Å². The van der Waals surface area contributed by atoms with Crippen molar-refractivity contribution in [2.75, 3.05) is 49.6 Å². The van der Waals surface area contributed by atoms with Gasteiger partial charge < -0.3 is 24.6 Å². The normalized spacial score (nSPS) is 18.6. The molecule has 1 unspecified atom stereocenters. The second kappa shape index (κ2) is 8.67. The fourth-order valence-electron chi connectivity index (χ4n) is 3.42. The number of rotatable bonds is 4. The van der Waals surface area contributed by atoms with Gasteiger partial charge in [-0.05, 0) is 24.3 Å². The van der Waals surface area contributed by atoms with Crippen LogP contribution in [0.2, 0.25) is 5.15 Å². The van der Waals surface area contributed by atoms with Crippen molar-refractivity contribution in [3.05, 3.63) is 47.7 Å². The van der Waals surface area contributed by atoms with Gasteiger partial charge in [0, 0.05) is 19.3 Å². The quantitative estimate of drug-likeness (QED) is 0.765. The lowest BCUT2D eigenvalue weighted by molar-refractivity contribution is -0.142. The summed E-state index contributed by atoms with van der Waals surface area (Å²) in [6.07, 6.45) is 0.871. The van der Waals surface area contributed by atoms with Gasteiger partial charge >= 0.3 is 0 Å². The molecule has 2 aromatic rings. The second-order valence-electron chi connectivity index (χ2n) is 6.78. The number of pyridine rings is 1. The molecule has 1 atom stereocenters. The Morgan fingerprint density at radius 2 is 1.97 bits per heavy atom. The van der Waals surface area contributed by atoms with Crippen molar-refractivity contribution >= 4 is 34.8 Å². The van der Waals surface area contributed by atoms with Gasteiger partial charge in [-0.3, -0.25) is 9.59 Å². The molecule has 1 N–H and O–H groups in total. The van der Waals surface area contributed by atoms with Crippen LogP contribution in [0.5, 0.6) is 5.75 Å². The number of aromatic nitrogens is 1. The molecule has 1 aromatic carbocycles. The summed E-state index contributed by atoms with van der Waals surface area (Å²) in [4.78, 5) is 33.1. The van der Waals surface area contributed by atoms with E-state index in [0.717, 1.165) is 5.69 Å². The lowest BCUT2D eigenvalue weighted by Crippen LogP contribution is -2.53. The summed E-state index contributed by atoms with van der Waals surface area (Å²) in [5.41, 5.74) is 1.22. The number of morpholine rings is 1. The predicted molar refractivity (Wildman–Crippen MR) is 108 cm³/mol. The minimum atomic E-state index is -0.683. The molecular formula is C20H21ClN4O4. The summed E-state index contributed by atoms with van der Waals surface area (Å²) < 4.78 is 11.3. The molecular weight excluding hydrogens is 396 g/mol. The van der Waals surface area contributed by atoms with Crippen molar-refractivity contribution in [2.45, 2.75) is 6.10 Å². The van der Waals surface area contributed by atoms with E-state index in [1.807, 2.05) is 23.1 Å². The third kappa shape index (κ3) is 4.44. The fraction of sp³-hybridized carbons (Fsp3) is 0.350. The highest BCUT2D eigenvalue weighted by Crippen LogP contribution is 2.33. The van der Waals surface area contributed by atoms with E-state index in [0.29, 0.717) is 37.7 Å². The smallest absolute Gasteiger partial charge is 0.265 e. The number of anilines is 2. The van der Waals surface area contributed by atoms with E-state index >= 15 is 0 Å². The number of nitrogens with one attached hydrogen (secondary N) is 1. The summed E-state index contributed by atoms with van der Waals surface area (Å²) in [5, 5.41) is 2.99. The number of amides is 2. The van der Waals surface area contributed by atoms with Crippen molar-refractivity contribution in [2.24, 2.45) is 0 Å². The Bertz CT molecular complexity index is 904. The van der Waals surface area contributed by atoms with E-state index in [-0.39, 0.29) is 30.1 Å². The van der Waals surface area contributed by atoms with E-state index in [9.17, 15) is 9.59 Å². The molecule has 152 valence electrons. The van der Waals surface area contributed by atoms with Crippen molar-refractivity contribution in [3.63, 3.8) is 0 Å². The maximum atomic E-state index is 12.9. The number of halogens is 1. The van der Waals surface area contributed by atoms with Crippen LogP contribution in [0.25, 0.3) is 0 Å². The Labute approximate surface area is 173 Å². The lowest BCUT2D eigenvalue weighted by Gasteiger charge is -2.38. The highest BCUT2D eigenvalue weighted by Gasteiger charge is 2.34. The minimum Gasteiger partial charge on any atom is -0.477 e. The van der Waals surface area contributed by atoms with Crippen molar-refractivity contribution < 1.29 is 19.1 Å². The Hall–Kier alpha value is -2.84. The second-order valence-corrected chi connectivity index (χ2v) is 7.14. The Balaban J connectivity index is 1.49. The molecule has 2 aliphatic rings. The number of hydrogen-bond acceptors (Lipinski definition) is 6. The van der Waals surface area contributed by atoms with Crippen molar-refractivity contribution in [3.8, 4) is 5.75 Å². The number of ether oxygens (including phenoxy) is 2. The van der Waals surface area contributed by atoms with Crippen molar-refractivity contribution in [1.82, 2.24) is 9.88 Å². The summed E-state index contributed by atoms with van der Waals surface area (Å²) in [6, 6.07) is 10.8. The first kappa shape index (κ1) is 19.5. The van der Waals surface area contributed by atoms with Gasteiger partial charge in [-0.2, -0.15) is 0 Å². The summed E-state index contributed by atoms with van der Waals surface area (Å²) in [7, 11) is 0. The first-order valence-corrected chi connectivity index (χ1v) is 9.77. The Morgan fingerprint density at radius 3 is 2.76 bits per heavy atom. The van der Waals surface area contributed by atoms with Crippen LogP contribution in [0.3, 0.4) is 0 Å². The molecule has 4 rings (SSSR count). The zero-order valence-electron chi connectivity index (χ0n) is 15.7. The molecule has 0 aliphatic carbocycles. The predicted octanol–water partition coefficient (Wildman–Crippen LogP) is 1.80. The number of nitrogens with zero attached hydrogens (tertiary/aromatic N) is 3. The number of fused-ring (bicyclic) bond motifs is 1. The van der Waals surface area contributed by atoms with E-state index in [4.69, 9.17) is 21.1 Å². The number of carbonyl (C=O) groups excluding carboxylic acids is 2. The zero-order chi connectivity index (χ0) is 20.2. The molecule has 0 spiro atoms. The molecule has 1 saturated heterocycles. The van der Waals surface area contributed by atoms with E-state index in [1.54, 1.807) is 29.3 Å². The van der Waals surface area contributed by atoms with Crippen molar-refractivity contribution in [1.29, 1.82) is 0 Å². The van der Waals surface area contributed by atoms with Crippen LogP contribution in [-0.2, 0) is 14.3 Å². The lowest BCUT2D eigenvalue weighted by atomic mass is 10.1. The highest BCUT2D eigenvalue weighted by molar-refractivity contribution is 6.32. The molecule has 2 amide bonds. The maximum absolute atomic E-state index is 12.9. The summed E-state index contributed by atoms with van der Waals surface area (Å²) >= 11 is 6.02. The Kier molecular flexibility index (Phi) is 5.82. The van der Waals surface area contributed by atoms with Gasteiger partial charge in [-0.1, -0.05) is 23.7 Å². The maximum Gasteiger partial charge on any atom is 0.265 e. The van der Waals surface area contributed by atoms with Gasteiger partial charge in [0.1, 0.15) is 5.75 Å². The number of benzene rings is 1. The van der Waals surface area contributed by atoms with Gasteiger partial charge in [-0.15, -0.1) is 0 Å². The molecule has 1 aromatic heterocycles. The third-order valence-electron chi connectivity index (χ3n) is 4.83. The molecule has 8 nitrogen and oxygen atoms in total. The largest absolute Gasteiger partial charge is 0.477 e. The topological polar surface area (TPSA) is 84.0 Å². The minimum absolute atomic E-state index is 0.0541. The number of carbonyl (C=O) groups is 2. The number of para-hydroxylation sites is 2. The Morgan fingerprint density at radius 1 is 1.17 bits per heavy atom. The average Bonchev–Trinajstić information content (AvgIpc) is 2.75. The van der Waals surface area contributed by atoms with Crippen LogP contribution < -0.4 is 15.0 Å². The standard InChI is InChI=1S/C20H21ClN4O4/c21-19-14(4-3-7-22-19)23-18(26)13-25-12-17(20(27)24-8-10-28-11-9-24)29-16-6-2-1-5-15(16)25/h1-7,17H,8-13H2,(H,23,26). The van der Waals surface area contributed by atoms with Crippen LogP contribution in [-0.4, -0.2) is 67.2 Å². The monoisotopic (exact) mass is 416 g/mol. The van der Waals surface area contributed by atoms with Crippen LogP contribution in [0.15, 0.2) is 42.6 Å². The van der Waals surface area contributed by atoms with Gasteiger partial charge in [0.25, 0.3) is 5.91 Å². The molecule has 3 heterocycles. The molecule has 9 heteroatoms.